The molecule has 2 atom stereocenters. The van der Waals surface area contributed by atoms with E-state index in [0.717, 1.165) is 28.3 Å². The van der Waals surface area contributed by atoms with E-state index in [-0.39, 0.29) is 22.7 Å². The highest BCUT2D eigenvalue weighted by Crippen LogP contribution is 2.46. The van der Waals surface area contributed by atoms with Crippen molar-refractivity contribution < 1.29 is 14.4 Å². The molecule has 2 aromatic carbocycles. The van der Waals surface area contributed by atoms with Crippen molar-refractivity contribution in [1.29, 1.82) is 0 Å². The van der Waals surface area contributed by atoms with Gasteiger partial charge in [0, 0.05) is 17.6 Å². The molecule has 10 heteroatoms. The van der Waals surface area contributed by atoms with Crippen LogP contribution in [0.25, 0.3) is 5.69 Å². The van der Waals surface area contributed by atoms with Crippen LogP contribution in [-0.2, 0) is 0 Å². The molecule has 0 spiro atoms. The Bertz CT molecular complexity index is 1520. The number of hydrogen-bond acceptors (Lipinski definition) is 6. The van der Waals surface area contributed by atoms with Crippen LogP contribution in [0.2, 0.25) is 0 Å². The first-order valence-corrected chi connectivity index (χ1v) is 12.4. The molecule has 0 unspecified atom stereocenters. The quantitative estimate of drug-likeness (QED) is 0.188. The molecule has 1 N–H and O–H groups in total. The van der Waals surface area contributed by atoms with Crippen LogP contribution in [-0.4, -0.2) is 33.8 Å². The monoisotopic (exact) mass is 529 g/mol. The van der Waals surface area contributed by atoms with E-state index < -0.39 is 0 Å². The molecule has 1 aliphatic rings. The van der Waals surface area contributed by atoms with Gasteiger partial charge < -0.3 is 24.3 Å². The fourth-order valence-electron chi connectivity index (χ4n) is 5.18. The number of nitrogens with one attached hydrogen (secondary N) is 1. The topological polar surface area (TPSA) is 94.7 Å². The third-order valence-corrected chi connectivity index (χ3v) is 7.17. The number of hydrogen-bond donors (Lipinski definition) is 1. The van der Waals surface area contributed by atoms with Gasteiger partial charge >= 0.3 is 0 Å². The molecular weight excluding hydrogens is 502 g/mol. The minimum absolute atomic E-state index is 0.0411. The predicted octanol–water partition coefficient (Wildman–Crippen LogP) is 5.59. The minimum atomic E-state index is -0.388. The molecule has 3 heterocycles. The van der Waals surface area contributed by atoms with Crippen LogP contribution in [0.15, 0.2) is 72.9 Å². The lowest BCUT2D eigenvalue weighted by Crippen LogP contribution is -2.30. The fraction of sp³-hybridized carbons (Fsp3) is 0.214. The summed E-state index contributed by atoms with van der Waals surface area (Å²) < 4.78 is 12.8. The van der Waals surface area contributed by atoms with Gasteiger partial charge in [0.2, 0.25) is 0 Å². The van der Waals surface area contributed by atoms with Gasteiger partial charge in [-0.1, -0.05) is 18.2 Å². The summed E-state index contributed by atoms with van der Waals surface area (Å²) in [5, 5.41) is 16.0. The predicted molar refractivity (Wildman–Crippen MR) is 149 cm³/mol. The molecule has 0 bridgehead atoms. The number of nitro benzene ring substituents is 1. The highest BCUT2D eigenvalue weighted by Gasteiger charge is 2.43. The average Bonchev–Trinajstić information content (AvgIpc) is 3.43. The van der Waals surface area contributed by atoms with Gasteiger partial charge in [-0.2, -0.15) is 0 Å². The van der Waals surface area contributed by atoms with Crippen molar-refractivity contribution >= 4 is 28.7 Å². The van der Waals surface area contributed by atoms with E-state index in [1.165, 1.54) is 13.2 Å². The summed E-state index contributed by atoms with van der Waals surface area (Å²) in [6.45, 7) is 3.90. The van der Waals surface area contributed by atoms with E-state index in [2.05, 4.69) is 16.4 Å². The fourth-order valence-corrected chi connectivity index (χ4v) is 5.52. The number of aryl methyl sites for hydroxylation is 1. The van der Waals surface area contributed by atoms with Crippen LogP contribution in [0.3, 0.4) is 0 Å². The summed E-state index contributed by atoms with van der Waals surface area (Å²) in [6.07, 6.45) is 1.76. The molecule has 0 amide bonds. The van der Waals surface area contributed by atoms with Crippen molar-refractivity contribution in [3.8, 4) is 17.2 Å². The summed E-state index contributed by atoms with van der Waals surface area (Å²) in [4.78, 5) is 18.3. The Kier molecular flexibility index (Phi) is 6.73. The Morgan fingerprint density at radius 1 is 1.00 bits per heavy atom. The Morgan fingerprint density at radius 2 is 1.76 bits per heavy atom. The van der Waals surface area contributed by atoms with Gasteiger partial charge in [-0.05, 0) is 74.1 Å². The van der Waals surface area contributed by atoms with E-state index in [1.807, 2.05) is 65.8 Å². The SMILES string of the molecule is COc1ccc(-n2c(C)cc([C@H]3[C@H](c4ccccn4)NC(=S)N3c3ccccc3OC)c2C)c([N+](=O)[O-])c1. The van der Waals surface area contributed by atoms with Crippen molar-refractivity contribution in [2.24, 2.45) is 0 Å². The second-order valence-corrected chi connectivity index (χ2v) is 9.33. The molecule has 5 rings (SSSR count). The third kappa shape index (κ3) is 4.22. The molecule has 9 nitrogen and oxygen atoms in total. The Hall–Kier alpha value is -4.44. The van der Waals surface area contributed by atoms with Crippen LogP contribution >= 0.6 is 12.2 Å². The number of para-hydroxylation sites is 2. The summed E-state index contributed by atoms with van der Waals surface area (Å²) >= 11 is 5.86. The van der Waals surface area contributed by atoms with Crippen LogP contribution < -0.4 is 19.7 Å². The minimum Gasteiger partial charge on any atom is -0.496 e. The van der Waals surface area contributed by atoms with Crippen LogP contribution in [0.5, 0.6) is 11.5 Å². The smallest absolute Gasteiger partial charge is 0.296 e. The van der Waals surface area contributed by atoms with Crippen molar-refractivity contribution in [2.75, 3.05) is 19.1 Å². The standard InChI is InChI=1S/C28H27N5O4S/c1-17-15-20(18(2)31(17)22-13-12-19(36-3)16-24(22)33(34)35)27-26(21-9-7-8-14-29-21)30-28(38)32(27)23-10-5-6-11-25(23)37-4/h5-16,26-27H,1-4H3,(H,30,38)/t26-,27-/m0/s1. The number of methoxy groups -OCH3 is 2. The summed E-state index contributed by atoms with van der Waals surface area (Å²) in [5.74, 6) is 1.11. The number of ether oxygens (including phenoxy) is 2. The van der Waals surface area contributed by atoms with Gasteiger partial charge in [-0.25, -0.2) is 0 Å². The molecule has 1 saturated heterocycles. The van der Waals surface area contributed by atoms with E-state index in [4.69, 9.17) is 21.7 Å². The number of thiocarbonyl (C=S) groups is 1. The molecule has 0 saturated carbocycles. The molecule has 0 aliphatic carbocycles. The highest BCUT2D eigenvalue weighted by atomic mass is 32.1. The number of benzene rings is 2. The van der Waals surface area contributed by atoms with Crippen molar-refractivity contribution in [3.05, 3.63) is 106 Å². The zero-order valence-electron chi connectivity index (χ0n) is 21.4. The van der Waals surface area contributed by atoms with Crippen molar-refractivity contribution in [2.45, 2.75) is 25.9 Å². The summed E-state index contributed by atoms with van der Waals surface area (Å²) in [5.41, 5.74) is 4.73. The maximum absolute atomic E-state index is 12.0. The van der Waals surface area contributed by atoms with E-state index >= 15 is 0 Å². The van der Waals surface area contributed by atoms with Gasteiger partial charge in [0.15, 0.2) is 5.11 Å². The molecular formula is C28H27N5O4S. The van der Waals surface area contributed by atoms with E-state index in [1.54, 1.807) is 25.4 Å². The molecule has 4 aromatic rings. The molecule has 0 radical (unpaired) electrons. The van der Waals surface area contributed by atoms with Crippen LogP contribution in [0.1, 0.15) is 34.7 Å². The first-order valence-electron chi connectivity index (χ1n) is 12.0. The second kappa shape index (κ2) is 10.1. The zero-order valence-corrected chi connectivity index (χ0v) is 22.2. The average molecular weight is 530 g/mol. The molecule has 194 valence electrons. The number of aromatic nitrogens is 2. The van der Waals surface area contributed by atoms with Crippen LogP contribution in [0, 0.1) is 24.0 Å². The normalized spacial score (nSPS) is 16.8. The number of rotatable bonds is 7. The number of anilines is 1. The largest absolute Gasteiger partial charge is 0.496 e. The van der Waals surface area contributed by atoms with Gasteiger partial charge in [0.1, 0.15) is 17.2 Å². The van der Waals surface area contributed by atoms with Gasteiger partial charge in [0.25, 0.3) is 5.69 Å². The lowest BCUT2D eigenvalue weighted by Gasteiger charge is -2.29. The molecule has 1 fully saturated rings. The maximum atomic E-state index is 12.0. The Labute approximate surface area is 225 Å². The van der Waals surface area contributed by atoms with Crippen LogP contribution in [0.4, 0.5) is 11.4 Å². The van der Waals surface area contributed by atoms with E-state index in [9.17, 15) is 10.1 Å². The number of nitrogens with zero attached hydrogens (tertiary/aromatic N) is 4. The van der Waals surface area contributed by atoms with Crippen molar-refractivity contribution in [1.82, 2.24) is 14.9 Å². The van der Waals surface area contributed by atoms with Gasteiger partial charge in [-0.15, -0.1) is 0 Å². The van der Waals surface area contributed by atoms with Gasteiger partial charge in [0.05, 0.1) is 48.7 Å². The number of nitro groups is 1. The number of pyridine rings is 1. The second-order valence-electron chi connectivity index (χ2n) is 8.94. The Balaban J connectivity index is 1.72. The van der Waals surface area contributed by atoms with E-state index in [0.29, 0.717) is 22.3 Å². The third-order valence-electron chi connectivity index (χ3n) is 6.85. The molecule has 2 aromatic heterocycles. The lowest BCUT2D eigenvalue weighted by molar-refractivity contribution is -0.384. The molecule has 1 aliphatic heterocycles. The molecule has 38 heavy (non-hydrogen) atoms. The summed E-state index contributed by atoms with van der Waals surface area (Å²) in [6, 6.07) is 19.9. The first-order chi connectivity index (χ1) is 18.3. The Morgan fingerprint density at radius 3 is 2.45 bits per heavy atom. The van der Waals surface area contributed by atoms with Gasteiger partial charge in [-0.3, -0.25) is 15.1 Å². The lowest BCUT2D eigenvalue weighted by atomic mass is 9.96. The summed E-state index contributed by atoms with van der Waals surface area (Å²) in [7, 11) is 3.12. The maximum Gasteiger partial charge on any atom is 0.296 e. The highest BCUT2D eigenvalue weighted by molar-refractivity contribution is 7.80. The first kappa shape index (κ1) is 25.2. The zero-order chi connectivity index (χ0) is 27.0. The van der Waals surface area contributed by atoms with Crippen molar-refractivity contribution in [3.63, 3.8) is 0 Å².